The minimum absolute atomic E-state index is 0.617. The summed E-state index contributed by atoms with van der Waals surface area (Å²) in [5.74, 6) is 1.88. The Labute approximate surface area is 362 Å². The maximum atomic E-state index is 5.15. The summed E-state index contributed by atoms with van der Waals surface area (Å²) in [5, 5.41) is 7.28. The standard InChI is InChI=1S/C57H36N6/c1-3-17-37(18-4-1)55-58-56(38-19-5-2-6-20-38)60-57(59-55)45-25-11-16-30-52(45)63-51-29-15-10-24-44(51)47-36-40(32-34-54(47)63)62-50-28-14-9-23-43(50)46-35-39(31-33-53(46)62)61-48-26-12-7-21-41(48)42-22-8-13-27-49(42)61/h1-36H. The lowest BCUT2D eigenvalue weighted by Crippen LogP contribution is -2.03. The summed E-state index contributed by atoms with van der Waals surface area (Å²) in [6.45, 7) is 0. The van der Waals surface area contributed by atoms with E-state index in [-0.39, 0.29) is 0 Å². The first-order valence-electron chi connectivity index (χ1n) is 21.3. The molecule has 0 aliphatic heterocycles. The molecule has 294 valence electrons. The normalized spacial score (nSPS) is 11.8. The van der Waals surface area contributed by atoms with Gasteiger partial charge < -0.3 is 13.7 Å². The lowest BCUT2D eigenvalue weighted by Gasteiger charge is -2.15. The molecule has 0 aliphatic rings. The van der Waals surface area contributed by atoms with Crippen LogP contribution in [0.1, 0.15) is 0 Å². The molecule has 6 nitrogen and oxygen atoms in total. The van der Waals surface area contributed by atoms with Crippen LogP contribution in [-0.2, 0) is 0 Å². The van der Waals surface area contributed by atoms with Crippen LogP contribution in [-0.4, -0.2) is 28.7 Å². The molecule has 0 bridgehead atoms. The van der Waals surface area contributed by atoms with Crippen LogP contribution >= 0.6 is 0 Å². The van der Waals surface area contributed by atoms with Crippen LogP contribution in [0.2, 0.25) is 0 Å². The summed E-state index contributed by atoms with van der Waals surface area (Å²) in [4.78, 5) is 15.3. The highest BCUT2D eigenvalue weighted by Gasteiger charge is 2.21. The highest BCUT2D eigenvalue weighted by atomic mass is 15.1. The largest absolute Gasteiger partial charge is 0.309 e. The quantitative estimate of drug-likeness (QED) is 0.168. The van der Waals surface area contributed by atoms with Gasteiger partial charge in [-0.15, -0.1) is 0 Å². The molecule has 0 unspecified atom stereocenters. The number of benzene rings is 9. The zero-order valence-electron chi connectivity index (χ0n) is 34.0. The fraction of sp³-hybridized carbons (Fsp3) is 0. The van der Waals surface area contributed by atoms with Crippen molar-refractivity contribution in [1.29, 1.82) is 0 Å². The Balaban J connectivity index is 1.00. The van der Waals surface area contributed by atoms with Crippen LogP contribution in [0.3, 0.4) is 0 Å². The summed E-state index contributed by atoms with van der Waals surface area (Å²) >= 11 is 0. The first kappa shape index (κ1) is 35.2. The number of aromatic nitrogens is 6. The maximum Gasteiger partial charge on any atom is 0.166 e. The molecule has 0 saturated carbocycles. The van der Waals surface area contributed by atoms with Gasteiger partial charge in [0.05, 0.1) is 38.8 Å². The number of hydrogen-bond donors (Lipinski definition) is 0. The molecule has 0 radical (unpaired) electrons. The molecule has 6 heteroatoms. The molecular formula is C57H36N6. The molecule has 63 heavy (non-hydrogen) atoms. The molecular weight excluding hydrogens is 769 g/mol. The van der Waals surface area contributed by atoms with Gasteiger partial charge in [-0.2, -0.15) is 0 Å². The summed E-state index contributed by atoms with van der Waals surface area (Å²) in [7, 11) is 0. The topological polar surface area (TPSA) is 53.5 Å². The van der Waals surface area contributed by atoms with E-state index in [1.54, 1.807) is 0 Å². The van der Waals surface area contributed by atoms with E-state index in [2.05, 4.69) is 171 Å². The van der Waals surface area contributed by atoms with Crippen LogP contribution in [0, 0.1) is 0 Å². The van der Waals surface area contributed by atoms with Gasteiger partial charge in [-0.3, -0.25) is 0 Å². The third-order valence-corrected chi connectivity index (χ3v) is 12.5. The van der Waals surface area contributed by atoms with Crippen LogP contribution < -0.4 is 0 Å². The SMILES string of the molecule is c1ccc(-c2nc(-c3ccccc3)nc(-c3ccccc3-n3c4ccccc4c4cc(-n5c6ccccc6c6cc(-n7c8ccccc8c8ccccc87)ccc65)ccc43)n2)cc1. The first-order chi connectivity index (χ1) is 31.3. The lowest BCUT2D eigenvalue weighted by atomic mass is 10.1. The molecule has 0 atom stereocenters. The summed E-state index contributed by atoms with van der Waals surface area (Å²) < 4.78 is 7.18. The Morgan fingerprint density at radius 2 is 0.603 bits per heavy atom. The molecule has 13 rings (SSSR count). The molecule has 0 N–H and O–H groups in total. The lowest BCUT2D eigenvalue weighted by molar-refractivity contribution is 1.06. The maximum absolute atomic E-state index is 5.15. The molecule has 9 aromatic carbocycles. The minimum Gasteiger partial charge on any atom is -0.309 e. The van der Waals surface area contributed by atoms with Crippen LogP contribution in [0.5, 0.6) is 0 Å². The van der Waals surface area contributed by atoms with Crippen LogP contribution in [0.15, 0.2) is 218 Å². The van der Waals surface area contributed by atoms with Crippen molar-refractivity contribution in [2.24, 2.45) is 0 Å². The molecule has 0 amide bonds. The van der Waals surface area contributed by atoms with Gasteiger partial charge in [-0.05, 0) is 72.8 Å². The van der Waals surface area contributed by atoms with E-state index in [1.807, 2.05) is 60.7 Å². The average molecular weight is 805 g/mol. The average Bonchev–Trinajstić information content (AvgIpc) is 3.99. The number of rotatable bonds is 6. The van der Waals surface area contributed by atoms with Gasteiger partial charge in [0.15, 0.2) is 17.5 Å². The summed E-state index contributed by atoms with van der Waals surface area (Å²) in [6, 6.07) is 77.4. The van der Waals surface area contributed by atoms with Gasteiger partial charge in [0.25, 0.3) is 0 Å². The van der Waals surface area contributed by atoms with Crippen molar-refractivity contribution in [2.45, 2.75) is 0 Å². The minimum atomic E-state index is 0.617. The number of para-hydroxylation sites is 5. The smallest absolute Gasteiger partial charge is 0.166 e. The van der Waals surface area contributed by atoms with Crippen molar-refractivity contribution >= 4 is 65.4 Å². The monoisotopic (exact) mass is 804 g/mol. The number of nitrogens with zero attached hydrogens (tertiary/aromatic N) is 6. The molecule has 0 spiro atoms. The second-order valence-corrected chi connectivity index (χ2v) is 16.0. The molecule has 0 aliphatic carbocycles. The van der Waals surface area contributed by atoms with Crippen LogP contribution in [0.4, 0.5) is 0 Å². The Kier molecular flexibility index (Phi) is 7.80. The third kappa shape index (κ3) is 5.48. The van der Waals surface area contributed by atoms with Crippen molar-refractivity contribution < 1.29 is 0 Å². The first-order valence-corrected chi connectivity index (χ1v) is 21.3. The van der Waals surface area contributed by atoms with E-state index in [0.29, 0.717) is 17.5 Å². The van der Waals surface area contributed by atoms with Crippen LogP contribution in [0.25, 0.3) is 117 Å². The van der Waals surface area contributed by atoms with Gasteiger partial charge >= 0.3 is 0 Å². The van der Waals surface area contributed by atoms with Gasteiger partial charge in [0, 0.05) is 60.4 Å². The second kappa shape index (κ2) is 14.0. The van der Waals surface area contributed by atoms with E-state index in [9.17, 15) is 0 Å². The van der Waals surface area contributed by atoms with E-state index in [1.165, 1.54) is 43.5 Å². The van der Waals surface area contributed by atoms with Gasteiger partial charge in [0.1, 0.15) is 0 Å². The Bertz CT molecular complexity index is 3800. The Morgan fingerprint density at radius 3 is 1.10 bits per heavy atom. The van der Waals surface area contributed by atoms with Crippen molar-refractivity contribution in [2.75, 3.05) is 0 Å². The summed E-state index contributed by atoms with van der Waals surface area (Å²) in [5.41, 5.74) is 13.0. The predicted molar refractivity (Wildman–Crippen MR) is 259 cm³/mol. The summed E-state index contributed by atoms with van der Waals surface area (Å²) in [6.07, 6.45) is 0. The fourth-order valence-corrected chi connectivity index (χ4v) is 9.73. The predicted octanol–water partition coefficient (Wildman–Crippen LogP) is 14.2. The highest BCUT2D eigenvalue weighted by Crippen LogP contribution is 2.40. The van der Waals surface area contributed by atoms with Gasteiger partial charge in [-0.1, -0.05) is 146 Å². The zero-order chi connectivity index (χ0) is 41.4. The number of fused-ring (bicyclic) bond motifs is 9. The highest BCUT2D eigenvalue weighted by molar-refractivity contribution is 6.14. The third-order valence-electron chi connectivity index (χ3n) is 12.5. The molecule has 0 saturated heterocycles. The molecule has 4 heterocycles. The Hall–Kier alpha value is -8.61. The van der Waals surface area contributed by atoms with E-state index < -0.39 is 0 Å². The molecule has 13 aromatic rings. The van der Waals surface area contributed by atoms with E-state index in [0.717, 1.165) is 55.7 Å². The van der Waals surface area contributed by atoms with E-state index >= 15 is 0 Å². The van der Waals surface area contributed by atoms with Crippen molar-refractivity contribution in [3.8, 4) is 51.2 Å². The molecule has 4 aromatic heterocycles. The zero-order valence-corrected chi connectivity index (χ0v) is 34.0. The van der Waals surface area contributed by atoms with Gasteiger partial charge in [-0.25, -0.2) is 15.0 Å². The molecule has 0 fully saturated rings. The fourth-order valence-electron chi connectivity index (χ4n) is 9.73. The van der Waals surface area contributed by atoms with Crippen molar-refractivity contribution in [3.05, 3.63) is 218 Å². The second-order valence-electron chi connectivity index (χ2n) is 16.0. The van der Waals surface area contributed by atoms with E-state index in [4.69, 9.17) is 15.0 Å². The van der Waals surface area contributed by atoms with Gasteiger partial charge in [0.2, 0.25) is 0 Å². The Morgan fingerprint density at radius 1 is 0.254 bits per heavy atom. The van der Waals surface area contributed by atoms with Crippen molar-refractivity contribution in [1.82, 2.24) is 28.7 Å². The van der Waals surface area contributed by atoms with Crippen molar-refractivity contribution in [3.63, 3.8) is 0 Å². The number of hydrogen-bond acceptors (Lipinski definition) is 3.